The fourth-order valence-electron chi connectivity index (χ4n) is 6.51. The number of aliphatic imine (C=N–C) groups is 1. The van der Waals surface area contributed by atoms with Crippen LogP contribution in [0.3, 0.4) is 0 Å². The number of carboxylic acids is 1. The van der Waals surface area contributed by atoms with E-state index < -0.39 is 47.0 Å². The number of nitrogens with one attached hydrogen (secondary N) is 1. The van der Waals surface area contributed by atoms with Crippen molar-refractivity contribution in [1.29, 1.82) is 0 Å². The maximum Gasteiger partial charge on any atom is 0.419 e. The van der Waals surface area contributed by atoms with Gasteiger partial charge >= 0.3 is 12.1 Å². The largest absolute Gasteiger partial charge is 0.481 e. The maximum atomic E-state index is 14.7. The minimum atomic E-state index is -4.87. The van der Waals surface area contributed by atoms with E-state index in [2.05, 4.69) is 26.1 Å². The number of carbonyl (C=O) groups is 3. The average Bonchev–Trinajstić information content (AvgIpc) is 3.23. The molecule has 1 saturated carbocycles. The number of rotatable bonds is 10. The smallest absolute Gasteiger partial charge is 0.419 e. The van der Waals surface area contributed by atoms with Gasteiger partial charge in [0.1, 0.15) is 17.2 Å². The van der Waals surface area contributed by atoms with Crippen LogP contribution >= 0.6 is 0 Å². The van der Waals surface area contributed by atoms with Crippen molar-refractivity contribution in [2.75, 3.05) is 6.54 Å². The van der Waals surface area contributed by atoms with Gasteiger partial charge in [0.25, 0.3) is 11.8 Å². The lowest BCUT2D eigenvalue weighted by Crippen LogP contribution is -2.51. The van der Waals surface area contributed by atoms with Gasteiger partial charge in [-0.1, -0.05) is 58.7 Å². The Morgan fingerprint density at radius 2 is 1.73 bits per heavy atom. The number of benzene rings is 2. The first kappa shape index (κ1) is 34.1. The van der Waals surface area contributed by atoms with Crippen LogP contribution in [0.2, 0.25) is 0 Å². The highest BCUT2D eigenvalue weighted by Crippen LogP contribution is 2.50. The molecule has 11 heteroatoms. The summed E-state index contributed by atoms with van der Waals surface area (Å²) in [6.07, 6.45) is -0.170. The normalized spacial score (nSPS) is 21.2. The third-order valence-corrected chi connectivity index (χ3v) is 9.07. The number of halogens is 4. The molecular formula is C34H41F4N3O4. The second-order valence-electron chi connectivity index (χ2n) is 13.1. The van der Waals surface area contributed by atoms with E-state index in [0.29, 0.717) is 36.8 Å². The van der Waals surface area contributed by atoms with E-state index >= 15 is 0 Å². The molecule has 0 aromatic heterocycles. The van der Waals surface area contributed by atoms with E-state index in [4.69, 9.17) is 10.1 Å². The predicted octanol–water partition coefficient (Wildman–Crippen LogP) is 7.54. The molecular weight excluding hydrogens is 590 g/mol. The van der Waals surface area contributed by atoms with Crippen LogP contribution in [0.5, 0.6) is 0 Å². The summed E-state index contributed by atoms with van der Waals surface area (Å²) >= 11 is 0. The van der Waals surface area contributed by atoms with Gasteiger partial charge in [0.2, 0.25) is 0 Å². The van der Waals surface area contributed by atoms with Gasteiger partial charge in [-0.3, -0.25) is 19.4 Å². The highest BCUT2D eigenvalue weighted by molar-refractivity contribution is 6.46. The van der Waals surface area contributed by atoms with Crippen molar-refractivity contribution in [2.45, 2.75) is 96.9 Å². The first-order chi connectivity index (χ1) is 21.1. The molecule has 1 atom stereocenters. The van der Waals surface area contributed by atoms with Crippen molar-refractivity contribution in [3.8, 4) is 0 Å². The lowest BCUT2D eigenvalue weighted by atomic mass is 9.69. The molecule has 2 N–H and O–H groups in total. The Balaban J connectivity index is 1.73. The van der Waals surface area contributed by atoms with Crippen LogP contribution in [0.4, 0.5) is 17.6 Å². The van der Waals surface area contributed by atoms with E-state index in [1.165, 1.54) is 0 Å². The summed E-state index contributed by atoms with van der Waals surface area (Å²) in [6, 6.07) is 8.85. The summed E-state index contributed by atoms with van der Waals surface area (Å²) in [4.78, 5) is 44.4. The zero-order valence-electron chi connectivity index (χ0n) is 26.1. The van der Waals surface area contributed by atoms with Crippen LogP contribution in [0, 0.1) is 17.2 Å². The summed E-state index contributed by atoms with van der Waals surface area (Å²) < 4.78 is 54.6. The van der Waals surface area contributed by atoms with Gasteiger partial charge in [-0.15, -0.1) is 0 Å². The molecule has 2 aromatic rings. The molecule has 0 unspecified atom stereocenters. The summed E-state index contributed by atoms with van der Waals surface area (Å²) in [5.41, 5.74) is -1.24. The van der Waals surface area contributed by atoms with Crippen LogP contribution in [0.15, 0.2) is 47.5 Å². The predicted molar refractivity (Wildman–Crippen MR) is 162 cm³/mol. The van der Waals surface area contributed by atoms with Gasteiger partial charge in [0, 0.05) is 17.7 Å². The van der Waals surface area contributed by atoms with E-state index in [9.17, 15) is 31.9 Å². The van der Waals surface area contributed by atoms with E-state index in [-0.39, 0.29) is 29.7 Å². The Hall–Kier alpha value is -3.76. The maximum absolute atomic E-state index is 14.7. The number of aliphatic carboxylic acids is 1. The monoisotopic (exact) mass is 631 g/mol. The molecule has 2 aromatic carbocycles. The Kier molecular flexibility index (Phi) is 10.1. The molecule has 7 nitrogen and oxygen atoms in total. The number of hydrogen-bond donors (Lipinski definition) is 2. The third kappa shape index (κ3) is 7.56. The van der Waals surface area contributed by atoms with Crippen molar-refractivity contribution in [2.24, 2.45) is 16.3 Å². The van der Waals surface area contributed by atoms with Crippen LogP contribution < -0.4 is 5.32 Å². The van der Waals surface area contributed by atoms with Gasteiger partial charge in [0.15, 0.2) is 0 Å². The van der Waals surface area contributed by atoms with E-state index in [1.54, 1.807) is 29.2 Å². The zero-order chi connectivity index (χ0) is 33.2. The molecule has 4 rings (SSSR count). The quantitative estimate of drug-likeness (QED) is 0.265. The van der Waals surface area contributed by atoms with Crippen molar-refractivity contribution < 1.29 is 37.1 Å². The van der Waals surface area contributed by atoms with Gasteiger partial charge in [0.05, 0.1) is 18.0 Å². The molecule has 1 fully saturated rings. The highest BCUT2D eigenvalue weighted by atomic mass is 19.4. The number of carboxylic acid groups (broad SMARTS) is 1. The summed E-state index contributed by atoms with van der Waals surface area (Å²) in [5.74, 6) is -2.97. The first-order valence-corrected chi connectivity index (χ1v) is 15.5. The third-order valence-electron chi connectivity index (χ3n) is 9.07. The molecule has 0 bridgehead atoms. The van der Waals surface area contributed by atoms with Gasteiger partial charge < -0.3 is 15.3 Å². The topological polar surface area (TPSA) is 99.1 Å². The molecule has 1 spiro atoms. The van der Waals surface area contributed by atoms with Crippen molar-refractivity contribution in [1.82, 2.24) is 10.2 Å². The molecule has 1 aliphatic carbocycles. The Bertz CT molecular complexity index is 1440. The molecule has 244 valence electrons. The fraction of sp³-hybridized carbons (Fsp3) is 0.529. The molecule has 0 radical (unpaired) electrons. The van der Waals surface area contributed by atoms with Gasteiger partial charge in [-0.2, -0.15) is 13.2 Å². The van der Waals surface area contributed by atoms with Gasteiger partial charge in [-0.25, -0.2) is 4.39 Å². The number of amides is 2. The summed E-state index contributed by atoms with van der Waals surface area (Å²) in [5, 5.41) is 11.4. The van der Waals surface area contributed by atoms with Crippen LogP contribution in [0.1, 0.15) is 112 Å². The summed E-state index contributed by atoms with van der Waals surface area (Å²) in [7, 11) is 0. The molecule has 45 heavy (non-hydrogen) atoms. The Morgan fingerprint density at radius 3 is 2.27 bits per heavy atom. The highest BCUT2D eigenvalue weighted by Gasteiger charge is 2.52. The SMILES string of the molecule is CCCC[C@H](c1ccc(C(=O)NCCC(=O)O)cc1)N1C(=O)C(c2ccc(C(F)(F)F)c(F)c2)=NC12CCC(C(C)(C)C)CC2. The lowest BCUT2D eigenvalue weighted by Gasteiger charge is -2.47. The van der Waals surface area contributed by atoms with Crippen molar-refractivity contribution in [3.63, 3.8) is 0 Å². The van der Waals surface area contributed by atoms with E-state index in [1.807, 2.05) is 6.92 Å². The molecule has 2 aliphatic rings. The van der Waals surface area contributed by atoms with Crippen molar-refractivity contribution >= 4 is 23.5 Å². The van der Waals surface area contributed by atoms with E-state index in [0.717, 1.165) is 43.4 Å². The molecule has 0 saturated heterocycles. The fourth-order valence-corrected chi connectivity index (χ4v) is 6.51. The molecule has 2 amide bonds. The number of alkyl halides is 3. The van der Waals surface area contributed by atoms with Crippen molar-refractivity contribution in [3.05, 3.63) is 70.5 Å². The number of carbonyl (C=O) groups excluding carboxylic acids is 2. The second-order valence-corrected chi connectivity index (χ2v) is 13.1. The standard InChI is InChI=1S/C34H41F4N3O4/c1-5-6-7-27(21-8-10-22(11-9-21)30(44)39-19-16-28(42)43)41-31(45)29(23-12-13-25(26(35)20-23)34(36,37)38)40-33(41)17-14-24(15-18-33)32(2,3)4/h8-13,20,24,27H,5-7,14-19H2,1-4H3,(H,39,44)(H,42,43)/t24?,27-,33?/m1/s1. The molecule has 1 heterocycles. The van der Waals surface area contributed by atoms with Crippen LogP contribution in [0.25, 0.3) is 0 Å². The second kappa shape index (κ2) is 13.3. The average molecular weight is 632 g/mol. The minimum absolute atomic E-state index is 0.00735. The number of unbranched alkanes of at least 4 members (excludes halogenated alkanes) is 1. The minimum Gasteiger partial charge on any atom is -0.481 e. The van der Waals surface area contributed by atoms with Crippen LogP contribution in [-0.4, -0.2) is 45.7 Å². The zero-order valence-corrected chi connectivity index (χ0v) is 26.1. The van der Waals surface area contributed by atoms with Crippen LogP contribution in [-0.2, 0) is 15.8 Å². The Labute approximate surface area is 261 Å². The number of nitrogens with zero attached hydrogens (tertiary/aromatic N) is 2. The summed E-state index contributed by atoms with van der Waals surface area (Å²) in [6.45, 7) is 8.55. The number of hydrogen-bond acceptors (Lipinski definition) is 4. The Morgan fingerprint density at radius 1 is 1.09 bits per heavy atom. The molecule has 1 aliphatic heterocycles. The lowest BCUT2D eigenvalue weighted by molar-refractivity contribution is -0.140. The first-order valence-electron chi connectivity index (χ1n) is 15.5. The van der Waals surface area contributed by atoms with Gasteiger partial charge in [-0.05, 0) is 73.3 Å².